The van der Waals surface area contributed by atoms with Gasteiger partial charge in [-0.1, -0.05) is 0 Å². The van der Waals surface area contributed by atoms with Gasteiger partial charge in [-0.25, -0.2) is 4.98 Å². The lowest BCUT2D eigenvalue weighted by Gasteiger charge is -2.13. The molecule has 0 unspecified atom stereocenters. The van der Waals surface area contributed by atoms with Crippen LogP contribution in [0.2, 0.25) is 0 Å². The summed E-state index contributed by atoms with van der Waals surface area (Å²) in [6, 6.07) is 8.03. The molecular weight excluding hydrogens is 242 g/mol. The van der Waals surface area contributed by atoms with Crippen molar-refractivity contribution in [1.82, 2.24) is 9.55 Å². The molecule has 0 radical (unpaired) electrons. The van der Waals surface area contributed by atoms with Crippen molar-refractivity contribution in [2.24, 2.45) is 0 Å². The number of aryl methyl sites for hydroxylation is 1. The van der Waals surface area contributed by atoms with Gasteiger partial charge in [-0.3, -0.25) is 4.79 Å². The summed E-state index contributed by atoms with van der Waals surface area (Å²) in [6.07, 6.45) is 3.59. The van der Waals surface area contributed by atoms with Gasteiger partial charge in [0.2, 0.25) is 0 Å². The fourth-order valence-electron chi connectivity index (χ4n) is 1.87. The molecular formula is C14H17N3O2. The van der Waals surface area contributed by atoms with Crippen molar-refractivity contribution in [1.29, 1.82) is 0 Å². The monoisotopic (exact) mass is 259 g/mol. The minimum absolute atomic E-state index is 0.0964. The van der Waals surface area contributed by atoms with E-state index in [1.54, 1.807) is 12.4 Å². The van der Waals surface area contributed by atoms with Crippen molar-refractivity contribution in [3.63, 3.8) is 0 Å². The number of rotatable bonds is 5. The SMILES string of the molecule is CN(C)c1ccc(-c2nccn2CCC(=O)O)cc1. The first-order chi connectivity index (χ1) is 9.08. The van der Waals surface area contributed by atoms with Gasteiger partial charge < -0.3 is 14.6 Å². The van der Waals surface area contributed by atoms with E-state index >= 15 is 0 Å². The van der Waals surface area contributed by atoms with Crippen LogP contribution in [0.5, 0.6) is 0 Å². The first-order valence-corrected chi connectivity index (χ1v) is 6.08. The summed E-state index contributed by atoms with van der Waals surface area (Å²) in [6.45, 7) is 0.431. The summed E-state index contributed by atoms with van der Waals surface area (Å²) in [5, 5.41) is 8.73. The quantitative estimate of drug-likeness (QED) is 0.893. The third kappa shape index (κ3) is 3.13. The second-order valence-corrected chi connectivity index (χ2v) is 4.53. The highest BCUT2D eigenvalue weighted by Gasteiger charge is 2.07. The molecule has 1 aromatic carbocycles. The third-order valence-electron chi connectivity index (χ3n) is 2.92. The van der Waals surface area contributed by atoms with Crippen molar-refractivity contribution in [2.75, 3.05) is 19.0 Å². The number of hydrogen-bond acceptors (Lipinski definition) is 3. The van der Waals surface area contributed by atoms with Crippen LogP contribution in [-0.4, -0.2) is 34.7 Å². The molecule has 5 heteroatoms. The lowest BCUT2D eigenvalue weighted by Crippen LogP contribution is -2.08. The summed E-state index contributed by atoms with van der Waals surface area (Å²) in [5.74, 6) is -0.00541. The fourth-order valence-corrected chi connectivity index (χ4v) is 1.87. The van der Waals surface area contributed by atoms with Gasteiger partial charge >= 0.3 is 5.97 Å². The Morgan fingerprint density at radius 1 is 1.32 bits per heavy atom. The molecule has 19 heavy (non-hydrogen) atoms. The number of hydrogen-bond donors (Lipinski definition) is 1. The number of aliphatic carboxylic acids is 1. The largest absolute Gasteiger partial charge is 0.481 e. The maximum atomic E-state index is 10.6. The molecule has 1 N–H and O–H groups in total. The van der Waals surface area contributed by atoms with Gasteiger partial charge in [0.25, 0.3) is 0 Å². The zero-order chi connectivity index (χ0) is 13.8. The number of benzene rings is 1. The predicted octanol–water partition coefficient (Wildman–Crippen LogP) is 2.09. The topological polar surface area (TPSA) is 58.4 Å². The van der Waals surface area contributed by atoms with E-state index in [9.17, 15) is 4.79 Å². The number of nitrogens with zero attached hydrogens (tertiary/aromatic N) is 3. The highest BCUT2D eigenvalue weighted by molar-refractivity contribution is 5.67. The van der Waals surface area contributed by atoms with Crippen molar-refractivity contribution in [2.45, 2.75) is 13.0 Å². The molecule has 0 aliphatic heterocycles. The van der Waals surface area contributed by atoms with Crippen LogP contribution in [0, 0.1) is 0 Å². The summed E-state index contributed by atoms with van der Waals surface area (Å²) in [4.78, 5) is 16.9. The molecule has 0 fully saturated rings. The standard InChI is InChI=1S/C14H17N3O2/c1-16(2)12-5-3-11(4-6-12)14-15-8-10-17(14)9-7-13(18)19/h3-6,8,10H,7,9H2,1-2H3,(H,18,19). The number of imidazole rings is 1. The van der Waals surface area contributed by atoms with E-state index < -0.39 is 5.97 Å². The number of anilines is 1. The van der Waals surface area contributed by atoms with E-state index in [0.717, 1.165) is 17.1 Å². The zero-order valence-electron chi connectivity index (χ0n) is 11.1. The molecule has 100 valence electrons. The Bertz CT molecular complexity index is 558. The average molecular weight is 259 g/mol. The lowest BCUT2D eigenvalue weighted by atomic mass is 10.2. The summed E-state index contributed by atoms with van der Waals surface area (Å²) < 4.78 is 1.86. The van der Waals surface area contributed by atoms with Gasteiger partial charge in [-0.2, -0.15) is 0 Å². The van der Waals surface area contributed by atoms with Crippen LogP contribution in [0.15, 0.2) is 36.7 Å². The van der Waals surface area contributed by atoms with Gasteiger partial charge in [0.15, 0.2) is 0 Å². The molecule has 0 atom stereocenters. The number of carboxylic acids is 1. The van der Waals surface area contributed by atoms with Crippen LogP contribution in [0.3, 0.4) is 0 Å². The molecule has 0 aliphatic carbocycles. The first-order valence-electron chi connectivity index (χ1n) is 6.08. The Morgan fingerprint density at radius 3 is 2.58 bits per heavy atom. The highest BCUT2D eigenvalue weighted by atomic mass is 16.4. The van der Waals surface area contributed by atoms with Crippen LogP contribution < -0.4 is 4.90 Å². The second-order valence-electron chi connectivity index (χ2n) is 4.53. The van der Waals surface area contributed by atoms with E-state index in [-0.39, 0.29) is 6.42 Å². The minimum Gasteiger partial charge on any atom is -0.481 e. The summed E-state index contributed by atoms with van der Waals surface area (Å²) in [5.41, 5.74) is 2.10. The maximum Gasteiger partial charge on any atom is 0.305 e. The molecule has 2 aromatic rings. The maximum absolute atomic E-state index is 10.6. The molecule has 2 rings (SSSR count). The predicted molar refractivity (Wildman–Crippen MR) is 74.2 cm³/mol. The molecule has 0 aliphatic rings. The fraction of sp³-hybridized carbons (Fsp3) is 0.286. The zero-order valence-corrected chi connectivity index (χ0v) is 11.1. The summed E-state index contributed by atoms with van der Waals surface area (Å²) >= 11 is 0. The van der Waals surface area contributed by atoms with Crippen molar-refractivity contribution >= 4 is 11.7 Å². The van der Waals surface area contributed by atoms with Crippen LogP contribution >= 0.6 is 0 Å². The lowest BCUT2D eigenvalue weighted by molar-refractivity contribution is -0.137. The smallest absolute Gasteiger partial charge is 0.305 e. The molecule has 0 saturated carbocycles. The molecule has 0 spiro atoms. The number of carboxylic acid groups (broad SMARTS) is 1. The normalized spacial score (nSPS) is 10.4. The van der Waals surface area contributed by atoms with Gasteiger partial charge in [0.05, 0.1) is 6.42 Å². The minimum atomic E-state index is -0.803. The molecule has 0 amide bonds. The van der Waals surface area contributed by atoms with E-state index in [4.69, 9.17) is 5.11 Å². The summed E-state index contributed by atoms with van der Waals surface area (Å²) in [7, 11) is 3.98. The Labute approximate surface area is 112 Å². The Hall–Kier alpha value is -2.30. The van der Waals surface area contributed by atoms with Crippen LogP contribution in [-0.2, 0) is 11.3 Å². The van der Waals surface area contributed by atoms with Crippen LogP contribution in [0.1, 0.15) is 6.42 Å². The van der Waals surface area contributed by atoms with E-state index in [0.29, 0.717) is 6.54 Å². The second kappa shape index (κ2) is 5.56. The molecule has 0 saturated heterocycles. The van der Waals surface area contributed by atoms with Crippen LogP contribution in [0.4, 0.5) is 5.69 Å². The third-order valence-corrected chi connectivity index (χ3v) is 2.92. The highest BCUT2D eigenvalue weighted by Crippen LogP contribution is 2.21. The Balaban J connectivity index is 2.22. The van der Waals surface area contributed by atoms with E-state index in [1.165, 1.54) is 0 Å². The van der Waals surface area contributed by atoms with Crippen LogP contribution in [0.25, 0.3) is 11.4 Å². The van der Waals surface area contributed by atoms with Gasteiger partial charge in [-0.05, 0) is 24.3 Å². The van der Waals surface area contributed by atoms with Gasteiger partial charge in [0.1, 0.15) is 5.82 Å². The van der Waals surface area contributed by atoms with Gasteiger partial charge in [-0.15, -0.1) is 0 Å². The van der Waals surface area contributed by atoms with Crippen molar-refractivity contribution in [3.8, 4) is 11.4 Å². The number of carbonyl (C=O) groups is 1. The molecule has 0 bridgehead atoms. The molecule has 5 nitrogen and oxygen atoms in total. The van der Waals surface area contributed by atoms with E-state index in [2.05, 4.69) is 4.98 Å². The Morgan fingerprint density at radius 2 is 2.00 bits per heavy atom. The van der Waals surface area contributed by atoms with E-state index in [1.807, 2.05) is 47.8 Å². The van der Waals surface area contributed by atoms with Crippen molar-refractivity contribution in [3.05, 3.63) is 36.7 Å². The Kier molecular flexibility index (Phi) is 3.85. The average Bonchev–Trinajstić information content (AvgIpc) is 2.84. The molecule has 1 aromatic heterocycles. The molecule has 1 heterocycles. The van der Waals surface area contributed by atoms with Crippen molar-refractivity contribution < 1.29 is 9.90 Å². The van der Waals surface area contributed by atoms with Gasteiger partial charge in [0, 0.05) is 44.3 Å². The first kappa shape index (κ1) is 13.1. The number of aromatic nitrogens is 2.